The minimum absolute atomic E-state index is 0.0541. The number of halogens is 2. The molecule has 4 nitrogen and oxygen atoms in total. The van der Waals surface area contributed by atoms with Crippen molar-refractivity contribution in [3.8, 4) is 0 Å². The molecule has 6 heteroatoms. The van der Waals surface area contributed by atoms with Gasteiger partial charge in [-0.3, -0.25) is 9.59 Å². The molecule has 130 valence electrons. The SMILES string of the molecule is O=C(NC1CCN(C(=O)c2ccccc2Cl)CC1)c1ccc(Cl)cc1. The molecule has 0 spiro atoms. The van der Waals surface area contributed by atoms with Crippen molar-refractivity contribution >= 4 is 35.0 Å². The molecule has 0 bridgehead atoms. The molecule has 1 N–H and O–H groups in total. The van der Waals surface area contributed by atoms with Gasteiger partial charge in [-0.2, -0.15) is 0 Å². The number of likely N-dealkylation sites (tertiary alicyclic amines) is 1. The lowest BCUT2D eigenvalue weighted by molar-refractivity contribution is 0.0698. The van der Waals surface area contributed by atoms with Gasteiger partial charge in [0.05, 0.1) is 10.6 Å². The first-order valence-corrected chi connectivity index (χ1v) is 8.90. The van der Waals surface area contributed by atoms with E-state index in [0.717, 1.165) is 12.8 Å². The van der Waals surface area contributed by atoms with Gasteiger partial charge < -0.3 is 10.2 Å². The molecule has 2 aromatic carbocycles. The number of nitrogens with zero attached hydrogens (tertiary/aromatic N) is 1. The molecule has 1 heterocycles. The van der Waals surface area contributed by atoms with Crippen LogP contribution in [0, 0.1) is 0 Å². The third-order valence-electron chi connectivity index (χ3n) is 4.33. The smallest absolute Gasteiger partial charge is 0.255 e. The van der Waals surface area contributed by atoms with Gasteiger partial charge in [0.1, 0.15) is 0 Å². The van der Waals surface area contributed by atoms with Crippen molar-refractivity contribution in [2.75, 3.05) is 13.1 Å². The molecule has 0 radical (unpaired) electrons. The van der Waals surface area contributed by atoms with Crippen molar-refractivity contribution in [2.45, 2.75) is 18.9 Å². The number of carbonyl (C=O) groups is 2. The molecule has 0 aromatic heterocycles. The molecule has 2 amide bonds. The number of amides is 2. The predicted octanol–water partition coefficient (Wildman–Crippen LogP) is 4.03. The molecule has 1 fully saturated rings. The van der Waals surface area contributed by atoms with E-state index in [4.69, 9.17) is 23.2 Å². The second-order valence-electron chi connectivity index (χ2n) is 6.03. The maximum atomic E-state index is 12.5. The van der Waals surface area contributed by atoms with Crippen LogP contribution in [-0.2, 0) is 0 Å². The number of benzene rings is 2. The van der Waals surface area contributed by atoms with Gasteiger partial charge in [-0.25, -0.2) is 0 Å². The van der Waals surface area contributed by atoms with Crippen LogP contribution in [0.3, 0.4) is 0 Å². The van der Waals surface area contributed by atoms with Gasteiger partial charge in [-0.05, 0) is 49.2 Å². The molecule has 0 aliphatic carbocycles. The zero-order valence-electron chi connectivity index (χ0n) is 13.5. The van der Waals surface area contributed by atoms with Crippen LogP contribution in [-0.4, -0.2) is 35.8 Å². The van der Waals surface area contributed by atoms with E-state index in [-0.39, 0.29) is 17.9 Å². The maximum absolute atomic E-state index is 12.5. The predicted molar refractivity (Wildman–Crippen MR) is 99.3 cm³/mol. The van der Waals surface area contributed by atoms with E-state index in [2.05, 4.69) is 5.32 Å². The van der Waals surface area contributed by atoms with Crippen LogP contribution < -0.4 is 5.32 Å². The van der Waals surface area contributed by atoms with E-state index in [1.807, 2.05) is 0 Å². The highest BCUT2D eigenvalue weighted by Crippen LogP contribution is 2.20. The van der Waals surface area contributed by atoms with Gasteiger partial charge >= 0.3 is 0 Å². The first-order valence-electron chi connectivity index (χ1n) is 8.15. The highest BCUT2D eigenvalue weighted by Gasteiger charge is 2.25. The third-order valence-corrected chi connectivity index (χ3v) is 4.91. The van der Waals surface area contributed by atoms with Crippen molar-refractivity contribution in [1.82, 2.24) is 10.2 Å². The molecule has 25 heavy (non-hydrogen) atoms. The first kappa shape index (κ1) is 17.8. The van der Waals surface area contributed by atoms with Crippen LogP contribution in [0.25, 0.3) is 0 Å². The number of rotatable bonds is 3. The summed E-state index contributed by atoms with van der Waals surface area (Å²) in [6, 6.07) is 13.9. The Kier molecular flexibility index (Phi) is 5.61. The quantitative estimate of drug-likeness (QED) is 0.878. The summed E-state index contributed by atoms with van der Waals surface area (Å²) in [7, 11) is 0. The molecular weight excluding hydrogens is 359 g/mol. The van der Waals surface area contributed by atoms with Crippen LogP contribution in [0.5, 0.6) is 0 Å². The Balaban J connectivity index is 1.55. The monoisotopic (exact) mass is 376 g/mol. The number of piperidine rings is 1. The number of hydrogen-bond donors (Lipinski definition) is 1. The molecule has 0 saturated carbocycles. The van der Waals surface area contributed by atoms with Crippen LogP contribution >= 0.6 is 23.2 Å². The summed E-state index contributed by atoms with van der Waals surface area (Å²) >= 11 is 11.9. The fraction of sp³-hybridized carbons (Fsp3) is 0.263. The average Bonchev–Trinajstić information content (AvgIpc) is 2.63. The fourth-order valence-electron chi connectivity index (χ4n) is 2.90. The van der Waals surface area contributed by atoms with Crippen LogP contribution in [0.4, 0.5) is 0 Å². The lowest BCUT2D eigenvalue weighted by Crippen LogP contribution is -2.46. The largest absolute Gasteiger partial charge is 0.349 e. The summed E-state index contributed by atoms with van der Waals surface area (Å²) in [5.74, 6) is -0.180. The van der Waals surface area contributed by atoms with Crippen molar-refractivity contribution in [2.24, 2.45) is 0 Å². The first-order chi connectivity index (χ1) is 12.0. The van der Waals surface area contributed by atoms with Gasteiger partial charge in [-0.15, -0.1) is 0 Å². The Morgan fingerprint density at radius 1 is 0.960 bits per heavy atom. The van der Waals surface area contributed by atoms with Crippen molar-refractivity contribution in [3.63, 3.8) is 0 Å². The minimum atomic E-state index is -0.118. The molecule has 0 unspecified atom stereocenters. The molecule has 1 aliphatic heterocycles. The summed E-state index contributed by atoms with van der Waals surface area (Å²) < 4.78 is 0. The zero-order valence-corrected chi connectivity index (χ0v) is 15.1. The van der Waals surface area contributed by atoms with E-state index in [9.17, 15) is 9.59 Å². The summed E-state index contributed by atoms with van der Waals surface area (Å²) in [6.07, 6.45) is 1.44. The normalized spacial score (nSPS) is 15.0. The Bertz CT molecular complexity index is 769. The maximum Gasteiger partial charge on any atom is 0.255 e. The summed E-state index contributed by atoms with van der Waals surface area (Å²) in [5.41, 5.74) is 1.10. The molecule has 3 rings (SSSR count). The van der Waals surface area contributed by atoms with Gasteiger partial charge in [-0.1, -0.05) is 35.3 Å². The zero-order chi connectivity index (χ0) is 17.8. The van der Waals surface area contributed by atoms with Gasteiger partial charge in [0.2, 0.25) is 0 Å². The summed E-state index contributed by atoms with van der Waals surface area (Å²) in [4.78, 5) is 26.6. The summed E-state index contributed by atoms with van der Waals surface area (Å²) in [6.45, 7) is 1.19. The Labute approximate surface area is 156 Å². The van der Waals surface area contributed by atoms with E-state index in [1.54, 1.807) is 53.4 Å². The lowest BCUT2D eigenvalue weighted by atomic mass is 10.0. The number of nitrogens with one attached hydrogen (secondary N) is 1. The molecule has 1 aliphatic rings. The number of carbonyl (C=O) groups excluding carboxylic acids is 2. The molecule has 0 atom stereocenters. The van der Waals surface area contributed by atoms with Crippen LogP contribution in [0.2, 0.25) is 10.0 Å². The second-order valence-corrected chi connectivity index (χ2v) is 6.87. The second kappa shape index (κ2) is 7.89. The van der Waals surface area contributed by atoms with E-state index in [0.29, 0.717) is 34.3 Å². The van der Waals surface area contributed by atoms with Gasteiger partial charge in [0, 0.05) is 29.7 Å². The summed E-state index contributed by atoms with van der Waals surface area (Å²) in [5, 5.41) is 4.08. The highest BCUT2D eigenvalue weighted by molar-refractivity contribution is 6.33. The van der Waals surface area contributed by atoms with E-state index >= 15 is 0 Å². The molecule has 1 saturated heterocycles. The van der Waals surface area contributed by atoms with Gasteiger partial charge in [0.15, 0.2) is 0 Å². The Hall–Kier alpha value is -2.04. The topological polar surface area (TPSA) is 49.4 Å². The van der Waals surface area contributed by atoms with Crippen molar-refractivity contribution in [1.29, 1.82) is 0 Å². The third kappa shape index (κ3) is 4.33. The Morgan fingerprint density at radius 2 is 1.60 bits per heavy atom. The van der Waals surface area contributed by atoms with Crippen LogP contribution in [0.15, 0.2) is 48.5 Å². The van der Waals surface area contributed by atoms with E-state index < -0.39 is 0 Å². The van der Waals surface area contributed by atoms with Crippen molar-refractivity contribution in [3.05, 3.63) is 69.7 Å². The van der Waals surface area contributed by atoms with Crippen LogP contribution in [0.1, 0.15) is 33.6 Å². The van der Waals surface area contributed by atoms with Gasteiger partial charge in [0.25, 0.3) is 11.8 Å². The lowest BCUT2D eigenvalue weighted by Gasteiger charge is -2.32. The minimum Gasteiger partial charge on any atom is -0.349 e. The average molecular weight is 377 g/mol. The number of hydrogen-bond acceptors (Lipinski definition) is 2. The highest BCUT2D eigenvalue weighted by atomic mass is 35.5. The molecule has 2 aromatic rings. The van der Waals surface area contributed by atoms with Crippen molar-refractivity contribution < 1.29 is 9.59 Å². The van der Waals surface area contributed by atoms with E-state index in [1.165, 1.54) is 0 Å². The molecular formula is C19H18Cl2N2O2. The Morgan fingerprint density at radius 3 is 2.24 bits per heavy atom. The fourth-order valence-corrected chi connectivity index (χ4v) is 3.24. The standard InChI is InChI=1S/C19H18Cl2N2O2/c20-14-7-5-13(6-8-14)18(24)22-15-9-11-23(12-10-15)19(25)16-3-1-2-4-17(16)21/h1-8,15H,9-12H2,(H,22,24).